The van der Waals surface area contributed by atoms with Gasteiger partial charge >= 0.3 is 0 Å². The van der Waals surface area contributed by atoms with Crippen LogP contribution in [-0.4, -0.2) is 18.6 Å². The number of nitrogens with one attached hydrogen (secondary N) is 1. The molecular weight excluding hydrogens is 338 g/mol. The molecule has 0 spiro atoms. The van der Waals surface area contributed by atoms with Crippen LogP contribution in [0.25, 0.3) is 0 Å². The normalized spacial score (nSPS) is 10.6. The molecule has 0 aromatic heterocycles. The third kappa shape index (κ3) is 5.38. The SMILES string of the molecule is CSCCCNCc1ccc(Br)c(Br)c1. The Morgan fingerprint density at radius 1 is 1.27 bits per heavy atom. The van der Waals surface area contributed by atoms with Gasteiger partial charge in [-0.05, 0) is 74.5 Å². The zero-order valence-corrected chi connectivity index (χ0v) is 12.7. The minimum Gasteiger partial charge on any atom is -0.313 e. The molecule has 0 bridgehead atoms. The van der Waals surface area contributed by atoms with Gasteiger partial charge in [0.1, 0.15) is 0 Å². The molecule has 1 nitrogen and oxygen atoms in total. The third-order valence-corrected chi connectivity index (χ3v) is 4.59. The van der Waals surface area contributed by atoms with E-state index in [4.69, 9.17) is 0 Å². The lowest BCUT2D eigenvalue weighted by Gasteiger charge is -2.05. The van der Waals surface area contributed by atoms with Crippen LogP contribution in [0.4, 0.5) is 0 Å². The predicted molar refractivity (Wildman–Crippen MR) is 76.5 cm³/mol. The molecule has 0 amide bonds. The van der Waals surface area contributed by atoms with E-state index in [9.17, 15) is 0 Å². The van der Waals surface area contributed by atoms with Crippen LogP contribution < -0.4 is 5.32 Å². The van der Waals surface area contributed by atoms with Crippen molar-refractivity contribution in [1.82, 2.24) is 5.32 Å². The van der Waals surface area contributed by atoms with Crippen molar-refractivity contribution in [2.75, 3.05) is 18.6 Å². The second kappa shape index (κ2) is 7.71. The van der Waals surface area contributed by atoms with E-state index < -0.39 is 0 Å². The Morgan fingerprint density at radius 3 is 2.73 bits per heavy atom. The Hall–Kier alpha value is 0.490. The molecule has 0 fully saturated rings. The van der Waals surface area contributed by atoms with E-state index in [1.807, 2.05) is 11.8 Å². The average Bonchev–Trinajstić information content (AvgIpc) is 2.23. The number of halogens is 2. The van der Waals surface area contributed by atoms with Gasteiger partial charge in [0.05, 0.1) is 0 Å². The first-order valence-corrected chi connectivity index (χ1v) is 7.85. The molecule has 0 aliphatic carbocycles. The third-order valence-electron chi connectivity index (χ3n) is 2.02. The molecule has 0 saturated carbocycles. The number of hydrogen-bond acceptors (Lipinski definition) is 2. The van der Waals surface area contributed by atoms with Crippen LogP contribution in [0.15, 0.2) is 27.1 Å². The second-order valence-corrected chi connectivity index (χ2v) is 5.97. The van der Waals surface area contributed by atoms with Gasteiger partial charge in [-0.3, -0.25) is 0 Å². The van der Waals surface area contributed by atoms with Crippen LogP contribution in [0.2, 0.25) is 0 Å². The molecule has 0 heterocycles. The first kappa shape index (κ1) is 13.6. The summed E-state index contributed by atoms with van der Waals surface area (Å²) in [5.74, 6) is 1.23. The molecular formula is C11H15Br2NS. The summed E-state index contributed by atoms with van der Waals surface area (Å²) >= 11 is 8.86. The molecule has 1 rings (SSSR count). The maximum Gasteiger partial charge on any atom is 0.0320 e. The lowest BCUT2D eigenvalue weighted by atomic mass is 10.2. The highest BCUT2D eigenvalue weighted by Crippen LogP contribution is 2.23. The fourth-order valence-corrected chi connectivity index (χ4v) is 2.33. The van der Waals surface area contributed by atoms with E-state index in [-0.39, 0.29) is 0 Å². The molecule has 0 saturated heterocycles. The van der Waals surface area contributed by atoms with E-state index in [0.717, 1.165) is 22.0 Å². The highest BCUT2D eigenvalue weighted by Gasteiger charge is 1.98. The summed E-state index contributed by atoms with van der Waals surface area (Å²) in [4.78, 5) is 0. The maximum atomic E-state index is 3.50. The molecule has 0 aliphatic heterocycles. The fraction of sp³-hybridized carbons (Fsp3) is 0.455. The minimum absolute atomic E-state index is 0.945. The predicted octanol–water partition coefficient (Wildman–Crippen LogP) is 4.05. The summed E-state index contributed by atoms with van der Waals surface area (Å²) in [7, 11) is 0. The van der Waals surface area contributed by atoms with E-state index in [1.54, 1.807) is 0 Å². The highest BCUT2D eigenvalue weighted by molar-refractivity contribution is 9.13. The van der Waals surface area contributed by atoms with Gasteiger partial charge in [-0.25, -0.2) is 0 Å². The topological polar surface area (TPSA) is 12.0 Å². The lowest BCUT2D eigenvalue weighted by molar-refractivity contribution is 0.679. The van der Waals surface area contributed by atoms with E-state index in [0.29, 0.717) is 0 Å². The van der Waals surface area contributed by atoms with Gasteiger partial charge in [0.15, 0.2) is 0 Å². The molecule has 0 radical (unpaired) electrons. The standard InChI is InChI=1S/C11H15Br2NS/c1-15-6-2-5-14-8-9-3-4-10(12)11(13)7-9/h3-4,7,14H,2,5-6,8H2,1H3. The van der Waals surface area contributed by atoms with Crippen molar-refractivity contribution in [3.05, 3.63) is 32.7 Å². The molecule has 1 aromatic carbocycles. The lowest BCUT2D eigenvalue weighted by Crippen LogP contribution is -2.15. The Bertz CT molecular complexity index is 305. The molecule has 1 aromatic rings. The molecule has 4 heteroatoms. The summed E-state index contributed by atoms with van der Waals surface area (Å²) in [5, 5.41) is 3.43. The molecule has 1 N–H and O–H groups in total. The van der Waals surface area contributed by atoms with Crippen LogP contribution >= 0.6 is 43.6 Å². The van der Waals surface area contributed by atoms with Crippen molar-refractivity contribution in [1.29, 1.82) is 0 Å². The van der Waals surface area contributed by atoms with Gasteiger partial charge in [0.2, 0.25) is 0 Å². The monoisotopic (exact) mass is 351 g/mol. The van der Waals surface area contributed by atoms with Gasteiger partial charge in [-0.15, -0.1) is 0 Å². The fourth-order valence-electron chi connectivity index (χ4n) is 1.22. The van der Waals surface area contributed by atoms with Gasteiger partial charge < -0.3 is 5.32 Å². The maximum absolute atomic E-state index is 3.50. The summed E-state index contributed by atoms with van der Waals surface area (Å²) in [6.45, 7) is 2.04. The van der Waals surface area contributed by atoms with E-state index in [1.165, 1.54) is 17.7 Å². The zero-order chi connectivity index (χ0) is 11.1. The van der Waals surface area contributed by atoms with Crippen molar-refractivity contribution in [2.45, 2.75) is 13.0 Å². The van der Waals surface area contributed by atoms with Gasteiger partial charge in [0.25, 0.3) is 0 Å². The summed E-state index contributed by atoms with van der Waals surface area (Å²) in [5.41, 5.74) is 1.31. The Balaban J connectivity index is 2.28. The molecule has 0 aliphatic rings. The number of hydrogen-bond donors (Lipinski definition) is 1. The smallest absolute Gasteiger partial charge is 0.0320 e. The van der Waals surface area contributed by atoms with Crippen LogP contribution in [-0.2, 0) is 6.54 Å². The van der Waals surface area contributed by atoms with Crippen molar-refractivity contribution in [3.63, 3.8) is 0 Å². The Morgan fingerprint density at radius 2 is 2.07 bits per heavy atom. The molecule has 0 atom stereocenters. The van der Waals surface area contributed by atoms with Crippen LogP contribution in [0.5, 0.6) is 0 Å². The highest BCUT2D eigenvalue weighted by atomic mass is 79.9. The minimum atomic E-state index is 0.945. The first-order chi connectivity index (χ1) is 7.24. The Kier molecular flexibility index (Phi) is 6.97. The van der Waals surface area contributed by atoms with Gasteiger partial charge in [-0.1, -0.05) is 6.07 Å². The van der Waals surface area contributed by atoms with Crippen molar-refractivity contribution >= 4 is 43.6 Å². The molecule has 15 heavy (non-hydrogen) atoms. The first-order valence-electron chi connectivity index (χ1n) is 4.87. The van der Waals surface area contributed by atoms with E-state index >= 15 is 0 Å². The van der Waals surface area contributed by atoms with Gasteiger partial charge in [-0.2, -0.15) is 11.8 Å². The van der Waals surface area contributed by atoms with Crippen LogP contribution in [0.3, 0.4) is 0 Å². The molecule has 84 valence electrons. The number of rotatable bonds is 6. The summed E-state index contributed by atoms with van der Waals surface area (Å²) < 4.78 is 2.22. The summed E-state index contributed by atoms with van der Waals surface area (Å²) in [6.07, 6.45) is 3.38. The Labute approximate surface area is 113 Å². The summed E-state index contributed by atoms with van der Waals surface area (Å²) in [6, 6.07) is 6.35. The van der Waals surface area contributed by atoms with E-state index in [2.05, 4.69) is 61.6 Å². The van der Waals surface area contributed by atoms with Crippen molar-refractivity contribution in [3.8, 4) is 0 Å². The zero-order valence-electron chi connectivity index (χ0n) is 8.72. The van der Waals surface area contributed by atoms with Crippen molar-refractivity contribution in [2.24, 2.45) is 0 Å². The van der Waals surface area contributed by atoms with Crippen LogP contribution in [0.1, 0.15) is 12.0 Å². The van der Waals surface area contributed by atoms with Crippen molar-refractivity contribution < 1.29 is 0 Å². The largest absolute Gasteiger partial charge is 0.313 e. The second-order valence-electron chi connectivity index (χ2n) is 3.27. The average molecular weight is 353 g/mol. The number of thioether (sulfide) groups is 1. The van der Waals surface area contributed by atoms with Gasteiger partial charge in [0, 0.05) is 15.5 Å². The number of benzene rings is 1. The molecule has 0 unspecified atom stereocenters. The van der Waals surface area contributed by atoms with Crippen LogP contribution in [0, 0.1) is 0 Å². The quantitative estimate of drug-likeness (QED) is 0.775.